The summed E-state index contributed by atoms with van der Waals surface area (Å²) in [6.07, 6.45) is -2.77. The van der Waals surface area contributed by atoms with Gasteiger partial charge in [0.15, 0.2) is 0 Å². The average Bonchev–Trinajstić information content (AvgIpc) is 2.16. The van der Waals surface area contributed by atoms with E-state index < -0.39 is 18.3 Å². The van der Waals surface area contributed by atoms with Gasteiger partial charge in [0.25, 0.3) is 6.43 Å². The number of alkyl halides is 2. The van der Waals surface area contributed by atoms with E-state index in [9.17, 15) is 13.2 Å². The Kier molecular flexibility index (Phi) is 4.56. The first-order valence-electron chi connectivity index (χ1n) is 4.22. The SMILES string of the molecule is NNC(Cc1ccc(Br)cc1F)C(F)F. The fourth-order valence-electron chi connectivity index (χ4n) is 1.14. The monoisotopic (exact) mass is 282 g/mol. The highest BCUT2D eigenvalue weighted by atomic mass is 79.9. The van der Waals surface area contributed by atoms with E-state index in [0.717, 1.165) is 0 Å². The lowest BCUT2D eigenvalue weighted by atomic mass is 10.1. The Hall–Kier alpha value is -0.590. The quantitative estimate of drug-likeness (QED) is 0.657. The molecule has 1 rings (SSSR count). The lowest BCUT2D eigenvalue weighted by molar-refractivity contribution is 0.0980. The average molecular weight is 283 g/mol. The van der Waals surface area contributed by atoms with Crippen molar-refractivity contribution < 1.29 is 13.2 Å². The van der Waals surface area contributed by atoms with E-state index in [4.69, 9.17) is 5.84 Å². The number of nitrogens with two attached hydrogens (primary N) is 1. The molecular formula is C9H10BrF3N2. The van der Waals surface area contributed by atoms with Crippen LogP contribution in [0.4, 0.5) is 13.2 Å². The maximum atomic E-state index is 13.3. The minimum absolute atomic E-state index is 0.146. The number of hydrazine groups is 1. The maximum absolute atomic E-state index is 13.3. The van der Waals surface area contributed by atoms with Gasteiger partial charge in [-0.25, -0.2) is 13.2 Å². The third-order valence-corrected chi connectivity index (χ3v) is 2.47. The van der Waals surface area contributed by atoms with E-state index in [0.29, 0.717) is 4.47 Å². The van der Waals surface area contributed by atoms with Gasteiger partial charge in [-0.1, -0.05) is 22.0 Å². The van der Waals surface area contributed by atoms with Gasteiger partial charge >= 0.3 is 0 Å². The van der Waals surface area contributed by atoms with E-state index in [1.165, 1.54) is 12.1 Å². The van der Waals surface area contributed by atoms with Crippen molar-refractivity contribution in [1.82, 2.24) is 5.43 Å². The lowest BCUT2D eigenvalue weighted by Gasteiger charge is -2.15. The molecule has 0 radical (unpaired) electrons. The number of hydrogen-bond donors (Lipinski definition) is 2. The first kappa shape index (κ1) is 12.5. The molecule has 15 heavy (non-hydrogen) atoms. The number of benzene rings is 1. The first-order chi connectivity index (χ1) is 7.04. The molecule has 1 atom stereocenters. The molecule has 1 unspecified atom stereocenters. The molecule has 6 heteroatoms. The first-order valence-corrected chi connectivity index (χ1v) is 5.02. The van der Waals surface area contributed by atoms with Crippen molar-refractivity contribution in [2.24, 2.45) is 5.84 Å². The summed E-state index contributed by atoms with van der Waals surface area (Å²) in [5, 5.41) is 0. The molecule has 0 aliphatic carbocycles. The van der Waals surface area contributed by atoms with Gasteiger partial charge in [0.05, 0.1) is 6.04 Å². The summed E-state index contributed by atoms with van der Waals surface area (Å²) in [5.74, 6) is 4.42. The van der Waals surface area contributed by atoms with E-state index in [1.54, 1.807) is 6.07 Å². The number of nitrogens with one attached hydrogen (secondary N) is 1. The predicted octanol–water partition coefficient (Wildman–Crippen LogP) is 2.23. The summed E-state index contributed by atoms with van der Waals surface area (Å²) in [5.41, 5.74) is 2.17. The van der Waals surface area contributed by atoms with Gasteiger partial charge in [0, 0.05) is 4.47 Å². The minimum Gasteiger partial charge on any atom is -0.271 e. The predicted molar refractivity (Wildman–Crippen MR) is 54.9 cm³/mol. The maximum Gasteiger partial charge on any atom is 0.255 e. The van der Waals surface area contributed by atoms with E-state index in [1.807, 2.05) is 5.43 Å². The van der Waals surface area contributed by atoms with Crippen molar-refractivity contribution in [1.29, 1.82) is 0 Å². The van der Waals surface area contributed by atoms with Gasteiger partial charge in [-0.05, 0) is 24.1 Å². The molecule has 0 heterocycles. The van der Waals surface area contributed by atoms with Crippen molar-refractivity contribution in [3.8, 4) is 0 Å². The highest BCUT2D eigenvalue weighted by molar-refractivity contribution is 9.10. The van der Waals surface area contributed by atoms with Crippen LogP contribution in [-0.2, 0) is 6.42 Å². The number of hydrogen-bond acceptors (Lipinski definition) is 2. The molecule has 0 saturated heterocycles. The van der Waals surface area contributed by atoms with Crippen LogP contribution in [0.1, 0.15) is 5.56 Å². The standard InChI is InChI=1S/C9H10BrF3N2/c10-6-2-1-5(7(11)4-6)3-8(15-14)9(12)13/h1-2,4,8-9,15H,3,14H2. The van der Waals surface area contributed by atoms with E-state index >= 15 is 0 Å². The van der Waals surface area contributed by atoms with Gasteiger partial charge in [0.2, 0.25) is 0 Å². The van der Waals surface area contributed by atoms with Crippen molar-refractivity contribution in [3.05, 3.63) is 34.1 Å². The fraction of sp³-hybridized carbons (Fsp3) is 0.333. The molecule has 1 aromatic carbocycles. The lowest BCUT2D eigenvalue weighted by Crippen LogP contribution is -2.42. The Morgan fingerprint density at radius 1 is 1.40 bits per heavy atom. The zero-order valence-electron chi connectivity index (χ0n) is 7.68. The second kappa shape index (κ2) is 5.48. The number of halogens is 4. The van der Waals surface area contributed by atoms with Crippen LogP contribution in [0.2, 0.25) is 0 Å². The van der Waals surface area contributed by atoms with E-state index in [-0.39, 0.29) is 12.0 Å². The molecule has 3 N–H and O–H groups in total. The summed E-state index contributed by atoms with van der Waals surface area (Å²) in [4.78, 5) is 0. The Bertz CT molecular complexity index is 333. The molecule has 0 aromatic heterocycles. The van der Waals surface area contributed by atoms with Crippen LogP contribution in [-0.4, -0.2) is 12.5 Å². The highest BCUT2D eigenvalue weighted by Crippen LogP contribution is 2.17. The minimum atomic E-state index is -2.63. The Morgan fingerprint density at radius 2 is 2.07 bits per heavy atom. The van der Waals surface area contributed by atoms with E-state index in [2.05, 4.69) is 15.9 Å². The molecule has 0 spiro atoms. The van der Waals surface area contributed by atoms with Gasteiger partial charge < -0.3 is 0 Å². The van der Waals surface area contributed by atoms with Crippen molar-refractivity contribution in [2.45, 2.75) is 18.9 Å². The second-order valence-electron chi connectivity index (χ2n) is 3.05. The van der Waals surface area contributed by atoms with Crippen LogP contribution in [0.15, 0.2) is 22.7 Å². The third-order valence-electron chi connectivity index (χ3n) is 1.97. The van der Waals surface area contributed by atoms with Gasteiger partial charge in [-0.2, -0.15) is 0 Å². The van der Waals surface area contributed by atoms with Crippen LogP contribution in [0, 0.1) is 5.82 Å². The summed E-state index contributed by atoms with van der Waals surface area (Å²) in [6.45, 7) is 0. The van der Waals surface area contributed by atoms with Gasteiger partial charge in [-0.15, -0.1) is 0 Å². The smallest absolute Gasteiger partial charge is 0.255 e. The molecular weight excluding hydrogens is 273 g/mol. The van der Waals surface area contributed by atoms with Crippen molar-refractivity contribution in [2.75, 3.05) is 0 Å². The van der Waals surface area contributed by atoms with Crippen LogP contribution >= 0.6 is 15.9 Å². The molecule has 0 saturated carbocycles. The molecule has 0 aliphatic heterocycles. The summed E-state index contributed by atoms with van der Waals surface area (Å²) < 4.78 is 38.5. The van der Waals surface area contributed by atoms with Crippen LogP contribution in [0.5, 0.6) is 0 Å². The van der Waals surface area contributed by atoms with Crippen LogP contribution in [0.3, 0.4) is 0 Å². The Labute approximate surface area is 93.8 Å². The number of rotatable bonds is 4. The van der Waals surface area contributed by atoms with Crippen molar-refractivity contribution >= 4 is 15.9 Å². The zero-order valence-corrected chi connectivity index (χ0v) is 9.27. The van der Waals surface area contributed by atoms with Crippen LogP contribution in [0.25, 0.3) is 0 Å². The molecule has 0 bridgehead atoms. The summed E-state index contributed by atoms with van der Waals surface area (Å²) in [7, 11) is 0. The molecule has 0 aliphatic rings. The molecule has 0 fully saturated rings. The zero-order chi connectivity index (χ0) is 11.4. The normalized spacial score (nSPS) is 13.2. The highest BCUT2D eigenvalue weighted by Gasteiger charge is 2.20. The van der Waals surface area contributed by atoms with Gasteiger partial charge in [-0.3, -0.25) is 11.3 Å². The molecule has 84 valence electrons. The van der Waals surface area contributed by atoms with Crippen molar-refractivity contribution in [3.63, 3.8) is 0 Å². The second-order valence-corrected chi connectivity index (χ2v) is 3.96. The fourth-order valence-corrected chi connectivity index (χ4v) is 1.48. The summed E-state index contributed by atoms with van der Waals surface area (Å²) in [6, 6.07) is 3.04. The summed E-state index contributed by atoms with van der Waals surface area (Å²) >= 11 is 3.08. The molecule has 2 nitrogen and oxygen atoms in total. The Balaban J connectivity index is 2.79. The largest absolute Gasteiger partial charge is 0.271 e. The molecule has 0 amide bonds. The van der Waals surface area contributed by atoms with Crippen LogP contribution < -0.4 is 11.3 Å². The molecule has 1 aromatic rings. The Morgan fingerprint density at radius 3 is 2.53 bits per heavy atom. The third kappa shape index (κ3) is 3.48. The topological polar surface area (TPSA) is 38.0 Å². The van der Waals surface area contributed by atoms with Gasteiger partial charge in [0.1, 0.15) is 5.82 Å².